The number of carboxylic acid groups (broad SMARTS) is 1. The van der Waals surface area contributed by atoms with Crippen LogP contribution in [0, 0.1) is 0 Å². The number of nitrogens with two attached hydrogens (primary N) is 1. The average molecular weight is 251 g/mol. The van der Waals surface area contributed by atoms with Gasteiger partial charge in [-0.2, -0.15) is 0 Å². The van der Waals surface area contributed by atoms with Crippen molar-refractivity contribution >= 4 is 5.97 Å². The molecule has 18 heavy (non-hydrogen) atoms. The lowest BCUT2D eigenvalue weighted by atomic mass is 9.95. The number of fused-ring (bicyclic) bond motifs is 1. The van der Waals surface area contributed by atoms with Gasteiger partial charge in [0.2, 0.25) is 0 Å². The topological polar surface area (TPSA) is 81.8 Å². The second kappa shape index (κ2) is 4.86. The first-order valence-corrected chi connectivity index (χ1v) is 5.87. The zero-order valence-electron chi connectivity index (χ0n) is 10.5. The number of methoxy groups -OCH3 is 1. The van der Waals surface area contributed by atoms with Gasteiger partial charge in [-0.3, -0.25) is 4.79 Å². The molecule has 98 valence electrons. The lowest BCUT2D eigenvalue weighted by molar-refractivity contribution is -0.138. The number of hydrogen-bond acceptors (Lipinski definition) is 4. The molecule has 0 amide bonds. The molecule has 3 N–H and O–H groups in total. The number of carboxylic acids is 1. The molecule has 1 aliphatic rings. The van der Waals surface area contributed by atoms with Gasteiger partial charge in [-0.05, 0) is 18.6 Å². The Morgan fingerprint density at radius 3 is 2.94 bits per heavy atom. The molecule has 0 saturated carbocycles. The minimum Gasteiger partial charge on any atom is -0.493 e. The van der Waals surface area contributed by atoms with Crippen molar-refractivity contribution in [3.05, 3.63) is 23.3 Å². The highest BCUT2D eigenvalue weighted by Gasteiger charge is 2.27. The summed E-state index contributed by atoms with van der Waals surface area (Å²) in [6.45, 7) is 2.03. The fourth-order valence-corrected chi connectivity index (χ4v) is 2.25. The van der Waals surface area contributed by atoms with Crippen LogP contribution in [0.1, 0.15) is 24.0 Å². The van der Waals surface area contributed by atoms with Crippen LogP contribution in [-0.2, 0) is 11.2 Å². The fraction of sp³-hybridized carbons (Fsp3) is 0.462. The zero-order valence-corrected chi connectivity index (χ0v) is 10.5. The lowest BCUT2D eigenvalue weighted by Gasteiger charge is -2.14. The van der Waals surface area contributed by atoms with Gasteiger partial charge in [-0.1, -0.05) is 6.07 Å². The number of aliphatic carboxylic acids is 1. The third kappa shape index (κ3) is 2.13. The van der Waals surface area contributed by atoms with E-state index >= 15 is 0 Å². The van der Waals surface area contributed by atoms with Gasteiger partial charge in [-0.15, -0.1) is 0 Å². The Morgan fingerprint density at radius 1 is 1.67 bits per heavy atom. The third-order valence-electron chi connectivity index (χ3n) is 3.14. The highest BCUT2D eigenvalue weighted by atomic mass is 16.5. The molecule has 5 nitrogen and oxygen atoms in total. The van der Waals surface area contributed by atoms with E-state index in [9.17, 15) is 4.79 Å². The van der Waals surface area contributed by atoms with Crippen molar-refractivity contribution in [3.63, 3.8) is 0 Å². The third-order valence-corrected chi connectivity index (χ3v) is 3.14. The van der Waals surface area contributed by atoms with Crippen molar-refractivity contribution in [2.24, 2.45) is 5.73 Å². The van der Waals surface area contributed by atoms with Crippen LogP contribution in [0.3, 0.4) is 0 Å². The van der Waals surface area contributed by atoms with Crippen molar-refractivity contribution in [1.29, 1.82) is 0 Å². The number of benzene rings is 1. The van der Waals surface area contributed by atoms with Crippen LogP contribution in [0.2, 0.25) is 0 Å². The summed E-state index contributed by atoms with van der Waals surface area (Å²) >= 11 is 0. The Bertz CT molecular complexity index is 472. The molecule has 1 heterocycles. The highest BCUT2D eigenvalue weighted by molar-refractivity contribution is 5.77. The monoisotopic (exact) mass is 251 g/mol. The van der Waals surface area contributed by atoms with Gasteiger partial charge in [-0.25, -0.2) is 0 Å². The van der Waals surface area contributed by atoms with E-state index in [2.05, 4.69) is 0 Å². The van der Waals surface area contributed by atoms with E-state index in [1.807, 2.05) is 13.0 Å². The van der Waals surface area contributed by atoms with Crippen LogP contribution in [0.15, 0.2) is 12.1 Å². The summed E-state index contributed by atoms with van der Waals surface area (Å²) in [5, 5.41) is 9.14. The number of rotatable bonds is 4. The maximum atomic E-state index is 11.1. The number of hydrogen-bond donors (Lipinski definition) is 2. The fourth-order valence-electron chi connectivity index (χ4n) is 2.25. The van der Waals surface area contributed by atoms with Gasteiger partial charge in [0.1, 0.15) is 6.10 Å². The molecule has 0 fully saturated rings. The summed E-state index contributed by atoms with van der Waals surface area (Å²) in [6.07, 6.45) is 0.849. The first-order valence-electron chi connectivity index (χ1n) is 5.87. The SMILES string of the molecule is COc1cc(C(CN)C(=O)O)cc2c1OC(C)C2. The first kappa shape index (κ1) is 12.7. The van der Waals surface area contributed by atoms with E-state index in [1.54, 1.807) is 13.2 Å². The van der Waals surface area contributed by atoms with Crippen LogP contribution in [0.5, 0.6) is 11.5 Å². The van der Waals surface area contributed by atoms with E-state index < -0.39 is 11.9 Å². The minimum absolute atomic E-state index is 0.0632. The predicted molar refractivity (Wildman–Crippen MR) is 66.2 cm³/mol. The summed E-state index contributed by atoms with van der Waals surface area (Å²) in [7, 11) is 1.55. The first-order chi connectivity index (χ1) is 8.56. The molecule has 0 aromatic heterocycles. The number of carbonyl (C=O) groups is 1. The maximum Gasteiger partial charge on any atom is 0.312 e. The van der Waals surface area contributed by atoms with E-state index in [1.165, 1.54) is 0 Å². The smallest absolute Gasteiger partial charge is 0.312 e. The lowest BCUT2D eigenvalue weighted by Crippen LogP contribution is -2.21. The summed E-state index contributed by atoms with van der Waals surface area (Å²) in [4.78, 5) is 11.1. The Morgan fingerprint density at radius 2 is 2.39 bits per heavy atom. The van der Waals surface area contributed by atoms with E-state index in [-0.39, 0.29) is 12.6 Å². The molecule has 0 aliphatic carbocycles. The van der Waals surface area contributed by atoms with Crippen LogP contribution in [-0.4, -0.2) is 30.8 Å². The van der Waals surface area contributed by atoms with Crippen molar-refractivity contribution in [2.45, 2.75) is 25.4 Å². The van der Waals surface area contributed by atoms with Gasteiger partial charge < -0.3 is 20.3 Å². The summed E-state index contributed by atoms with van der Waals surface area (Å²) in [5.41, 5.74) is 7.16. The quantitative estimate of drug-likeness (QED) is 0.838. The molecule has 0 bridgehead atoms. The second-order valence-corrected chi connectivity index (χ2v) is 4.47. The van der Waals surface area contributed by atoms with Gasteiger partial charge in [0, 0.05) is 18.5 Å². The number of ether oxygens (including phenoxy) is 2. The van der Waals surface area contributed by atoms with Gasteiger partial charge in [0.15, 0.2) is 11.5 Å². The van der Waals surface area contributed by atoms with Crippen LogP contribution in [0.4, 0.5) is 0 Å². The van der Waals surface area contributed by atoms with Crippen molar-refractivity contribution in [2.75, 3.05) is 13.7 Å². The van der Waals surface area contributed by atoms with Crippen LogP contribution < -0.4 is 15.2 Å². The summed E-state index contributed by atoms with van der Waals surface area (Å²) in [6, 6.07) is 3.55. The average Bonchev–Trinajstić information content (AvgIpc) is 2.68. The van der Waals surface area contributed by atoms with Crippen molar-refractivity contribution in [1.82, 2.24) is 0 Å². The maximum absolute atomic E-state index is 11.1. The molecule has 0 saturated heterocycles. The van der Waals surface area contributed by atoms with E-state index in [0.29, 0.717) is 11.3 Å². The Hall–Kier alpha value is -1.75. The van der Waals surface area contributed by atoms with Crippen molar-refractivity contribution < 1.29 is 19.4 Å². The predicted octanol–water partition coefficient (Wildman–Crippen LogP) is 1.15. The zero-order chi connectivity index (χ0) is 13.3. The highest BCUT2D eigenvalue weighted by Crippen LogP contribution is 2.40. The Labute approximate surface area is 106 Å². The molecule has 2 rings (SSSR count). The molecule has 0 radical (unpaired) electrons. The van der Waals surface area contributed by atoms with Crippen molar-refractivity contribution in [3.8, 4) is 11.5 Å². The van der Waals surface area contributed by atoms with Crippen LogP contribution >= 0.6 is 0 Å². The van der Waals surface area contributed by atoms with Gasteiger partial charge in [0.25, 0.3) is 0 Å². The summed E-state index contributed by atoms with van der Waals surface area (Å²) in [5.74, 6) is -0.340. The van der Waals surface area contributed by atoms with E-state index in [4.69, 9.17) is 20.3 Å². The molecular formula is C13H17NO4. The Balaban J connectivity index is 2.46. The van der Waals surface area contributed by atoms with Gasteiger partial charge in [0.05, 0.1) is 13.0 Å². The summed E-state index contributed by atoms with van der Waals surface area (Å²) < 4.78 is 10.9. The molecule has 1 aromatic carbocycles. The van der Waals surface area contributed by atoms with Crippen LogP contribution in [0.25, 0.3) is 0 Å². The van der Waals surface area contributed by atoms with E-state index in [0.717, 1.165) is 17.7 Å². The molecule has 2 atom stereocenters. The minimum atomic E-state index is -0.925. The molecule has 2 unspecified atom stereocenters. The largest absolute Gasteiger partial charge is 0.493 e. The molecule has 5 heteroatoms. The second-order valence-electron chi connectivity index (χ2n) is 4.47. The molecular weight excluding hydrogens is 234 g/mol. The molecule has 1 aliphatic heterocycles. The van der Waals surface area contributed by atoms with Gasteiger partial charge >= 0.3 is 5.97 Å². The standard InChI is InChI=1S/C13H17NO4/c1-7-3-9-4-8(10(6-14)13(15)16)5-11(17-2)12(9)18-7/h4-5,7,10H,3,6,14H2,1-2H3,(H,15,16). The molecule has 1 aromatic rings. The Kier molecular flexibility index (Phi) is 3.43. The normalized spacial score (nSPS) is 18.9. The molecule has 0 spiro atoms.